The Labute approximate surface area is 111 Å². The molecule has 1 heterocycles. The first-order chi connectivity index (χ1) is 9.29. The Morgan fingerprint density at radius 3 is 2.63 bits per heavy atom. The molecule has 3 rings (SSSR count). The first-order valence-electron chi connectivity index (χ1n) is 6.21. The highest BCUT2D eigenvalue weighted by molar-refractivity contribution is 5.83. The number of aliphatic hydroxyl groups excluding tert-OH is 1. The SMILES string of the molecule is Nc1ccc2nc(-c3ccccc3)n(CCO)c2c1. The van der Waals surface area contributed by atoms with E-state index < -0.39 is 0 Å². The Hall–Kier alpha value is -2.33. The van der Waals surface area contributed by atoms with Gasteiger partial charge in [-0.25, -0.2) is 4.98 Å². The van der Waals surface area contributed by atoms with E-state index in [1.54, 1.807) is 0 Å². The van der Waals surface area contributed by atoms with Gasteiger partial charge in [-0.2, -0.15) is 0 Å². The zero-order chi connectivity index (χ0) is 13.2. The van der Waals surface area contributed by atoms with Crippen LogP contribution in [0.5, 0.6) is 0 Å². The highest BCUT2D eigenvalue weighted by Crippen LogP contribution is 2.25. The average Bonchev–Trinajstić information content (AvgIpc) is 2.79. The molecule has 96 valence electrons. The minimum Gasteiger partial charge on any atom is -0.399 e. The van der Waals surface area contributed by atoms with Crippen molar-refractivity contribution in [2.24, 2.45) is 0 Å². The lowest BCUT2D eigenvalue weighted by atomic mass is 10.2. The molecule has 4 nitrogen and oxygen atoms in total. The molecule has 0 spiro atoms. The fourth-order valence-corrected chi connectivity index (χ4v) is 2.27. The van der Waals surface area contributed by atoms with Crippen molar-refractivity contribution in [3.63, 3.8) is 0 Å². The number of rotatable bonds is 3. The Balaban J connectivity index is 2.26. The third-order valence-electron chi connectivity index (χ3n) is 3.13. The Kier molecular flexibility index (Phi) is 2.93. The third-order valence-corrected chi connectivity index (χ3v) is 3.13. The van der Waals surface area contributed by atoms with Crippen molar-refractivity contribution in [1.82, 2.24) is 9.55 Å². The number of nitrogens with two attached hydrogens (primary N) is 1. The second-order valence-electron chi connectivity index (χ2n) is 4.42. The topological polar surface area (TPSA) is 64.1 Å². The van der Waals surface area contributed by atoms with Crippen LogP contribution < -0.4 is 5.73 Å². The van der Waals surface area contributed by atoms with E-state index in [9.17, 15) is 5.11 Å². The number of fused-ring (bicyclic) bond motifs is 1. The van der Waals surface area contributed by atoms with Gasteiger partial charge in [-0.3, -0.25) is 0 Å². The van der Waals surface area contributed by atoms with Crippen LogP contribution in [0.15, 0.2) is 48.5 Å². The highest BCUT2D eigenvalue weighted by Gasteiger charge is 2.12. The Morgan fingerprint density at radius 2 is 1.89 bits per heavy atom. The molecule has 0 fully saturated rings. The van der Waals surface area contributed by atoms with Crippen LogP contribution in [0.1, 0.15) is 0 Å². The van der Waals surface area contributed by atoms with E-state index in [2.05, 4.69) is 4.98 Å². The van der Waals surface area contributed by atoms with Gasteiger partial charge in [-0.15, -0.1) is 0 Å². The summed E-state index contributed by atoms with van der Waals surface area (Å²) in [6.45, 7) is 0.574. The molecule has 0 aliphatic rings. The number of hydrogen-bond donors (Lipinski definition) is 2. The maximum absolute atomic E-state index is 9.26. The highest BCUT2D eigenvalue weighted by atomic mass is 16.3. The maximum atomic E-state index is 9.26. The van der Waals surface area contributed by atoms with Crippen LogP contribution in [0.25, 0.3) is 22.4 Å². The molecule has 0 aliphatic carbocycles. The average molecular weight is 253 g/mol. The standard InChI is InChI=1S/C15H15N3O/c16-12-6-7-13-14(10-12)18(8-9-19)15(17-13)11-4-2-1-3-5-11/h1-7,10,19H,8-9,16H2. The number of hydrogen-bond acceptors (Lipinski definition) is 3. The maximum Gasteiger partial charge on any atom is 0.141 e. The van der Waals surface area contributed by atoms with Crippen molar-refractivity contribution in [1.29, 1.82) is 0 Å². The molecule has 0 saturated carbocycles. The molecule has 2 aromatic carbocycles. The molecule has 0 amide bonds. The number of anilines is 1. The van der Waals surface area contributed by atoms with Crippen molar-refractivity contribution in [3.05, 3.63) is 48.5 Å². The number of aromatic nitrogens is 2. The summed E-state index contributed by atoms with van der Waals surface area (Å²) < 4.78 is 2.00. The molecule has 4 heteroatoms. The molecule has 1 aromatic heterocycles. The summed E-state index contributed by atoms with van der Waals surface area (Å²) in [6.07, 6.45) is 0. The molecular formula is C15H15N3O. The summed E-state index contributed by atoms with van der Waals surface area (Å²) in [5, 5.41) is 9.26. The smallest absolute Gasteiger partial charge is 0.141 e. The monoisotopic (exact) mass is 253 g/mol. The van der Waals surface area contributed by atoms with Gasteiger partial charge < -0.3 is 15.4 Å². The Bertz CT molecular complexity index is 704. The van der Waals surface area contributed by atoms with Crippen LogP contribution in [0, 0.1) is 0 Å². The molecule has 3 aromatic rings. The summed E-state index contributed by atoms with van der Waals surface area (Å²) in [5.74, 6) is 0.857. The number of aliphatic hydroxyl groups is 1. The zero-order valence-electron chi connectivity index (χ0n) is 10.5. The lowest BCUT2D eigenvalue weighted by Crippen LogP contribution is -2.04. The van der Waals surface area contributed by atoms with E-state index in [0.717, 1.165) is 22.4 Å². The van der Waals surface area contributed by atoms with Crippen molar-refractivity contribution in [2.75, 3.05) is 12.3 Å². The van der Waals surface area contributed by atoms with Gasteiger partial charge in [0.25, 0.3) is 0 Å². The Morgan fingerprint density at radius 1 is 1.11 bits per heavy atom. The van der Waals surface area contributed by atoms with E-state index in [-0.39, 0.29) is 6.61 Å². The van der Waals surface area contributed by atoms with Crippen LogP contribution in [-0.4, -0.2) is 21.3 Å². The summed E-state index contributed by atoms with van der Waals surface area (Å²) in [6, 6.07) is 15.6. The number of benzene rings is 2. The summed E-state index contributed by atoms with van der Waals surface area (Å²) >= 11 is 0. The predicted molar refractivity (Wildman–Crippen MR) is 76.7 cm³/mol. The van der Waals surface area contributed by atoms with Gasteiger partial charge in [-0.05, 0) is 18.2 Å². The van der Waals surface area contributed by atoms with Crippen LogP contribution in [0.4, 0.5) is 5.69 Å². The van der Waals surface area contributed by atoms with Crippen LogP contribution in [0.2, 0.25) is 0 Å². The second-order valence-corrected chi connectivity index (χ2v) is 4.42. The van der Waals surface area contributed by atoms with Crippen LogP contribution in [0.3, 0.4) is 0 Å². The number of nitrogens with zero attached hydrogens (tertiary/aromatic N) is 2. The fourth-order valence-electron chi connectivity index (χ4n) is 2.27. The van der Waals surface area contributed by atoms with E-state index in [1.165, 1.54) is 0 Å². The quantitative estimate of drug-likeness (QED) is 0.704. The van der Waals surface area contributed by atoms with Crippen LogP contribution >= 0.6 is 0 Å². The molecule has 0 radical (unpaired) electrons. The lowest BCUT2D eigenvalue weighted by molar-refractivity contribution is 0.278. The molecule has 0 atom stereocenters. The first-order valence-corrected chi connectivity index (χ1v) is 6.21. The first kappa shape index (κ1) is 11.7. The summed E-state index contributed by atoms with van der Waals surface area (Å²) in [5.41, 5.74) is 9.41. The lowest BCUT2D eigenvalue weighted by Gasteiger charge is -2.07. The summed E-state index contributed by atoms with van der Waals surface area (Å²) in [7, 11) is 0. The van der Waals surface area contributed by atoms with E-state index in [1.807, 2.05) is 53.1 Å². The van der Waals surface area contributed by atoms with Gasteiger partial charge in [0, 0.05) is 17.8 Å². The van der Waals surface area contributed by atoms with Crippen LogP contribution in [-0.2, 0) is 6.54 Å². The second kappa shape index (κ2) is 4.74. The third kappa shape index (κ3) is 2.06. The van der Waals surface area contributed by atoms with E-state index in [4.69, 9.17) is 5.73 Å². The van der Waals surface area contributed by atoms with Gasteiger partial charge in [-0.1, -0.05) is 30.3 Å². The van der Waals surface area contributed by atoms with Crippen molar-refractivity contribution < 1.29 is 5.11 Å². The number of imidazole rings is 1. The van der Waals surface area contributed by atoms with Crippen molar-refractivity contribution >= 4 is 16.7 Å². The van der Waals surface area contributed by atoms with Gasteiger partial charge in [0.05, 0.1) is 17.6 Å². The van der Waals surface area contributed by atoms with Gasteiger partial charge >= 0.3 is 0 Å². The van der Waals surface area contributed by atoms with Crippen molar-refractivity contribution in [3.8, 4) is 11.4 Å². The van der Waals surface area contributed by atoms with E-state index in [0.29, 0.717) is 12.2 Å². The van der Waals surface area contributed by atoms with Gasteiger partial charge in [0.2, 0.25) is 0 Å². The minimum atomic E-state index is 0.0695. The largest absolute Gasteiger partial charge is 0.399 e. The normalized spacial score (nSPS) is 11.0. The zero-order valence-corrected chi connectivity index (χ0v) is 10.5. The minimum absolute atomic E-state index is 0.0695. The van der Waals surface area contributed by atoms with Crippen molar-refractivity contribution in [2.45, 2.75) is 6.54 Å². The molecule has 0 bridgehead atoms. The molecular weight excluding hydrogens is 238 g/mol. The molecule has 0 unspecified atom stereocenters. The number of nitrogen functional groups attached to an aromatic ring is 1. The predicted octanol–water partition coefficient (Wildman–Crippen LogP) is 2.28. The molecule has 19 heavy (non-hydrogen) atoms. The van der Waals surface area contributed by atoms with E-state index >= 15 is 0 Å². The summed E-state index contributed by atoms with van der Waals surface area (Å²) in [4.78, 5) is 4.64. The molecule has 3 N–H and O–H groups in total. The molecule has 0 aliphatic heterocycles. The fraction of sp³-hybridized carbons (Fsp3) is 0.133. The van der Waals surface area contributed by atoms with Gasteiger partial charge in [0.1, 0.15) is 5.82 Å². The van der Waals surface area contributed by atoms with Gasteiger partial charge in [0.15, 0.2) is 0 Å². The molecule has 0 saturated heterocycles.